The zero-order valence-electron chi connectivity index (χ0n) is 11.6. The van der Waals surface area contributed by atoms with Crippen molar-refractivity contribution in [2.75, 3.05) is 11.9 Å². The number of nitro groups is 1. The number of hydrogen-bond donors (Lipinski definition) is 2. The van der Waals surface area contributed by atoms with Crippen molar-refractivity contribution in [1.29, 1.82) is 0 Å². The van der Waals surface area contributed by atoms with Gasteiger partial charge < -0.3 is 10.4 Å². The van der Waals surface area contributed by atoms with Gasteiger partial charge in [0.15, 0.2) is 0 Å². The maximum atomic E-state index is 10.9. The summed E-state index contributed by atoms with van der Waals surface area (Å²) in [5.74, 6) is -0.310. The van der Waals surface area contributed by atoms with Gasteiger partial charge in [-0.2, -0.15) is 0 Å². The SMILES string of the molecule is Cc1cnc(NCCC(C)CCC(=O)O)c([N+](=O)[O-])c1. The van der Waals surface area contributed by atoms with Crippen molar-refractivity contribution in [2.45, 2.75) is 33.1 Å². The molecule has 0 saturated carbocycles. The topological polar surface area (TPSA) is 105 Å². The Bertz CT molecular complexity index is 491. The van der Waals surface area contributed by atoms with Crippen LogP contribution in [0.2, 0.25) is 0 Å². The third kappa shape index (κ3) is 5.21. The van der Waals surface area contributed by atoms with Crippen LogP contribution in [-0.2, 0) is 4.79 Å². The van der Waals surface area contributed by atoms with Crippen LogP contribution < -0.4 is 5.32 Å². The number of hydrogen-bond acceptors (Lipinski definition) is 5. The van der Waals surface area contributed by atoms with Gasteiger partial charge in [0.25, 0.3) is 0 Å². The van der Waals surface area contributed by atoms with Crippen molar-refractivity contribution < 1.29 is 14.8 Å². The Morgan fingerprint density at radius 2 is 2.25 bits per heavy atom. The average molecular weight is 281 g/mol. The molecule has 1 unspecified atom stereocenters. The van der Waals surface area contributed by atoms with Crippen LogP contribution >= 0.6 is 0 Å². The van der Waals surface area contributed by atoms with Crippen molar-refractivity contribution >= 4 is 17.5 Å². The van der Waals surface area contributed by atoms with Gasteiger partial charge in [0.05, 0.1) is 4.92 Å². The fourth-order valence-corrected chi connectivity index (χ4v) is 1.78. The molecule has 1 atom stereocenters. The maximum Gasteiger partial charge on any atom is 0.311 e. The fraction of sp³-hybridized carbons (Fsp3) is 0.538. The van der Waals surface area contributed by atoms with E-state index in [9.17, 15) is 14.9 Å². The van der Waals surface area contributed by atoms with Gasteiger partial charge in [-0.1, -0.05) is 6.92 Å². The largest absolute Gasteiger partial charge is 0.481 e. The van der Waals surface area contributed by atoms with E-state index in [0.717, 1.165) is 12.0 Å². The second-order valence-electron chi connectivity index (χ2n) is 4.89. The van der Waals surface area contributed by atoms with Gasteiger partial charge in [-0.25, -0.2) is 4.98 Å². The molecule has 0 radical (unpaired) electrons. The van der Waals surface area contributed by atoms with Crippen molar-refractivity contribution in [3.8, 4) is 0 Å². The first kappa shape index (κ1) is 15.9. The number of carboxylic acid groups (broad SMARTS) is 1. The molecule has 0 aliphatic carbocycles. The lowest BCUT2D eigenvalue weighted by Gasteiger charge is -2.11. The molecule has 7 nitrogen and oxygen atoms in total. The van der Waals surface area contributed by atoms with Gasteiger partial charge >= 0.3 is 11.7 Å². The lowest BCUT2D eigenvalue weighted by molar-refractivity contribution is -0.384. The lowest BCUT2D eigenvalue weighted by atomic mass is 10.0. The number of pyridine rings is 1. The Kier molecular flexibility index (Phi) is 5.89. The number of aliphatic carboxylic acids is 1. The lowest BCUT2D eigenvalue weighted by Crippen LogP contribution is -2.10. The second kappa shape index (κ2) is 7.42. The summed E-state index contributed by atoms with van der Waals surface area (Å²) in [4.78, 5) is 24.9. The minimum absolute atomic E-state index is 0.0387. The summed E-state index contributed by atoms with van der Waals surface area (Å²) in [6, 6.07) is 1.48. The summed E-state index contributed by atoms with van der Waals surface area (Å²) in [5.41, 5.74) is 0.695. The van der Waals surface area contributed by atoms with Crippen LogP contribution in [0, 0.1) is 23.0 Å². The van der Waals surface area contributed by atoms with Crippen LogP contribution in [0.3, 0.4) is 0 Å². The van der Waals surface area contributed by atoms with E-state index in [-0.39, 0.29) is 23.8 Å². The highest BCUT2D eigenvalue weighted by atomic mass is 16.6. The second-order valence-corrected chi connectivity index (χ2v) is 4.89. The molecule has 0 aliphatic rings. The fourth-order valence-electron chi connectivity index (χ4n) is 1.78. The van der Waals surface area contributed by atoms with E-state index in [1.165, 1.54) is 6.07 Å². The van der Waals surface area contributed by atoms with Gasteiger partial charge in [0.2, 0.25) is 5.82 Å². The Morgan fingerprint density at radius 3 is 2.85 bits per heavy atom. The predicted octanol–water partition coefficient (Wildman–Crippen LogP) is 2.60. The third-order valence-corrected chi connectivity index (χ3v) is 2.98. The molecule has 0 bridgehead atoms. The van der Waals surface area contributed by atoms with Crippen LogP contribution in [0.15, 0.2) is 12.3 Å². The van der Waals surface area contributed by atoms with Gasteiger partial charge in [-0.3, -0.25) is 14.9 Å². The molecule has 0 fully saturated rings. The number of carboxylic acids is 1. The van der Waals surface area contributed by atoms with E-state index in [4.69, 9.17) is 5.11 Å². The van der Waals surface area contributed by atoms with Gasteiger partial charge in [-0.05, 0) is 31.2 Å². The Morgan fingerprint density at radius 1 is 1.55 bits per heavy atom. The van der Waals surface area contributed by atoms with E-state index in [1.54, 1.807) is 13.1 Å². The minimum atomic E-state index is -0.805. The van der Waals surface area contributed by atoms with Crippen LogP contribution in [0.1, 0.15) is 31.7 Å². The van der Waals surface area contributed by atoms with Crippen molar-refractivity contribution in [3.63, 3.8) is 0 Å². The van der Waals surface area contributed by atoms with E-state index < -0.39 is 10.9 Å². The maximum absolute atomic E-state index is 10.9. The summed E-state index contributed by atoms with van der Waals surface area (Å²) >= 11 is 0. The smallest absolute Gasteiger partial charge is 0.311 e. The van der Waals surface area contributed by atoms with Crippen molar-refractivity contribution in [1.82, 2.24) is 4.98 Å². The number of nitrogens with one attached hydrogen (secondary N) is 1. The summed E-state index contributed by atoms with van der Waals surface area (Å²) in [6.07, 6.45) is 3.05. The number of aryl methyl sites for hydroxylation is 1. The number of aromatic nitrogens is 1. The molecule has 2 N–H and O–H groups in total. The molecule has 0 amide bonds. The molecule has 20 heavy (non-hydrogen) atoms. The van der Waals surface area contributed by atoms with Crippen LogP contribution in [0.5, 0.6) is 0 Å². The molecule has 0 spiro atoms. The first-order valence-corrected chi connectivity index (χ1v) is 6.47. The van der Waals surface area contributed by atoms with E-state index in [2.05, 4.69) is 10.3 Å². The van der Waals surface area contributed by atoms with Gasteiger partial charge in [0.1, 0.15) is 0 Å². The van der Waals surface area contributed by atoms with Crippen LogP contribution in [0.25, 0.3) is 0 Å². The monoisotopic (exact) mass is 281 g/mol. The molecular weight excluding hydrogens is 262 g/mol. The number of carbonyl (C=O) groups is 1. The minimum Gasteiger partial charge on any atom is -0.481 e. The predicted molar refractivity (Wildman–Crippen MR) is 74.8 cm³/mol. The molecular formula is C13H19N3O4. The molecule has 1 heterocycles. The third-order valence-electron chi connectivity index (χ3n) is 2.98. The molecule has 110 valence electrons. The summed E-state index contributed by atoms with van der Waals surface area (Å²) in [6.45, 7) is 4.23. The van der Waals surface area contributed by atoms with Crippen LogP contribution in [0.4, 0.5) is 11.5 Å². The first-order valence-electron chi connectivity index (χ1n) is 6.47. The number of rotatable bonds is 8. The highest BCUT2D eigenvalue weighted by Gasteiger charge is 2.15. The summed E-state index contributed by atoms with van der Waals surface area (Å²) in [7, 11) is 0. The molecule has 7 heteroatoms. The zero-order valence-corrected chi connectivity index (χ0v) is 11.6. The molecule has 0 saturated heterocycles. The Labute approximate surface area is 117 Å². The normalized spacial score (nSPS) is 11.9. The van der Waals surface area contributed by atoms with Gasteiger partial charge in [0, 0.05) is 25.2 Å². The van der Waals surface area contributed by atoms with E-state index in [0.29, 0.717) is 13.0 Å². The van der Waals surface area contributed by atoms with Crippen LogP contribution in [-0.4, -0.2) is 27.5 Å². The van der Waals surface area contributed by atoms with E-state index in [1.807, 2.05) is 6.92 Å². The zero-order chi connectivity index (χ0) is 15.1. The average Bonchev–Trinajstić information content (AvgIpc) is 2.37. The quantitative estimate of drug-likeness (QED) is 0.560. The Hall–Kier alpha value is -2.18. The molecule has 1 aromatic rings. The van der Waals surface area contributed by atoms with Gasteiger partial charge in [-0.15, -0.1) is 0 Å². The number of nitrogens with zero attached hydrogens (tertiary/aromatic N) is 2. The molecule has 0 aliphatic heterocycles. The summed E-state index contributed by atoms with van der Waals surface area (Å²) < 4.78 is 0. The standard InChI is InChI=1S/C13H19N3O4/c1-9(3-4-12(17)18)5-6-14-13-11(16(19)20)7-10(2)8-15-13/h7-9H,3-6H2,1-2H3,(H,14,15)(H,17,18). The first-order chi connectivity index (χ1) is 9.40. The highest BCUT2D eigenvalue weighted by molar-refractivity contribution is 5.66. The summed E-state index contributed by atoms with van der Waals surface area (Å²) in [5, 5.41) is 22.4. The number of anilines is 1. The highest BCUT2D eigenvalue weighted by Crippen LogP contribution is 2.22. The van der Waals surface area contributed by atoms with E-state index >= 15 is 0 Å². The van der Waals surface area contributed by atoms with Crippen molar-refractivity contribution in [2.24, 2.45) is 5.92 Å². The molecule has 1 aromatic heterocycles. The molecule has 1 rings (SSSR count). The Balaban J connectivity index is 2.49. The molecule has 0 aromatic carbocycles. The van der Waals surface area contributed by atoms with Crippen molar-refractivity contribution in [3.05, 3.63) is 27.9 Å².